The number of rotatable bonds is 8. The van der Waals surface area contributed by atoms with E-state index in [1.165, 1.54) is 25.0 Å². The topological polar surface area (TPSA) is 159 Å². The molecule has 2 atom stereocenters. The van der Waals surface area contributed by atoms with Crippen LogP contribution in [0.2, 0.25) is 0 Å². The third kappa shape index (κ3) is 10.5. The van der Waals surface area contributed by atoms with Crippen molar-refractivity contribution in [2.45, 2.75) is 58.5 Å². The number of aromatic carboxylic acids is 1. The SMILES string of the molecule is CCN(C)OC1CCCC[C@@H](C=O)CC1.CNC.CNc1c(C(=O)Nc2ccc(C)cn2)oc2ccc(C(=O)O)nc12. The molecule has 0 aliphatic heterocycles. The number of aryl methyl sites for hydroxylation is 1. The first kappa shape index (κ1) is 34.3. The zero-order chi connectivity index (χ0) is 31.1. The van der Waals surface area contributed by atoms with Crippen molar-refractivity contribution in [2.24, 2.45) is 5.92 Å². The highest BCUT2D eigenvalue weighted by molar-refractivity contribution is 6.10. The molecular formula is C30H44N6O6. The van der Waals surface area contributed by atoms with Crippen molar-refractivity contribution in [3.8, 4) is 0 Å². The molecule has 0 bridgehead atoms. The number of carbonyl (C=O) groups is 3. The Morgan fingerprint density at radius 3 is 2.43 bits per heavy atom. The Morgan fingerprint density at radius 2 is 1.83 bits per heavy atom. The molecule has 3 aromatic rings. The Hall–Kier alpha value is -3.87. The van der Waals surface area contributed by atoms with E-state index in [4.69, 9.17) is 14.4 Å². The van der Waals surface area contributed by atoms with Crippen molar-refractivity contribution < 1.29 is 28.7 Å². The van der Waals surface area contributed by atoms with Crippen LogP contribution in [-0.4, -0.2) is 79.1 Å². The lowest BCUT2D eigenvalue weighted by Crippen LogP contribution is -2.27. The first-order valence-corrected chi connectivity index (χ1v) is 14.2. The van der Waals surface area contributed by atoms with Crippen molar-refractivity contribution >= 4 is 40.8 Å². The summed E-state index contributed by atoms with van der Waals surface area (Å²) in [5, 5.41) is 19.1. The van der Waals surface area contributed by atoms with Crippen LogP contribution in [0, 0.1) is 12.8 Å². The fraction of sp³-hybridized carbons (Fsp3) is 0.500. The van der Waals surface area contributed by atoms with Gasteiger partial charge < -0.3 is 30.3 Å². The molecule has 1 amide bonds. The van der Waals surface area contributed by atoms with Gasteiger partial charge in [-0.3, -0.25) is 9.63 Å². The van der Waals surface area contributed by atoms with Crippen LogP contribution >= 0.6 is 0 Å². The van der Waals surface area contributed by atoms with Crippen LogP contribution in [0.4, 0.5) is 11.5 Å². The van der Waals surface area contributed by atoms with E-state index in [-0.39, 0.29) is 22.9 Å². The molecule has 0 aromatic carbocycles. The number of aldehydes is 1. The summed E-state index contributed by atoms with van der Waals surface area (Å²) < 4.78 is 5.52. The number of hydrogen-bond acceptors (Lipinski definition) is 10. The minimum Gasteiger partial charge on any atom is -0.477 e. The van der Waals surface area contributed by atoms with Gasteiger partial charge in [0, 0.05) is 32.8 Å². The molecule has 0 radical (unpaired) electrons. The molecule has 1 saturated carbocycles. The molecular weight excluding hydrogens is 540 g/mol. The van der Waals surface area contributed by atoms with Crippen molar-refractivity contribution in [3.63, 3.8) is 0 Å². The van der Waals surface area contributed by atoms with Gasteiger partial charge >= 0.3 is 5.97 Å². The third-order valence-electron chi connectivity index (χ3n) is 6.54. The number of pyridine rings is 2. The fourth-order valence-corrected chi connectivity index (χ4v) is 4.24. The van der Waals surface area contributed by atoms with Crippen molar-refractivity contribution in [1.82, 2.24) is 20.3 Å². The molecule has 1 unspecified atom stereocenters. The zero-order valence-corrected chi connectivity index (χ0v) is 25.4. The maximum atomic E-state index is 12.4. The number of nitrogens with one attached hydrogen (secondary N) is 3. The quantitative estimate of drug-likeness (QED) is 0.213. The normalized spacial score (nSPS) is 16.6. The number of aromatic nitrogens is 2. The molecule has 12 heteroatoms. The molecule has 42 heavy (non-hydrogen) atoms. The van der Waals surface area contributed by atoms with Gasteiger partial charge in [-0.05, 0) is 70.5 Å². The van der Waals surface area contributed by atoms with Gasteiger partial charge in [-0.2, -0.15) is 5.06 Å². The highest BCUT2D eigenvalue weighted by Crippen LogP contribution is 2.30. The number of furan rings is 1. The Kier molecular flexibility index (Phi) is 14.6. The summed E-state index contributed by atoms with van der Waals surface area (Å²) in [4.78, 5) is 48.2. The number of hydrogen-bond donors (Lipinski definition) is 4. The minimum atomic E-state index is -1.16. The number of nitrogens with zero attached hydrogens (tertiary/aromatic N) is 3. The van der Waals surface area contributed by atoms with Gasteiger partial charge in [0.25, 0.3) is 5.91 Å². The van der Waals surface area contributed by atoms with Crippen LogP contribution in [-0.2, 0) is 9.63 Å². The second kappa shape index (κ2) is 17.8. The monoisotopic (exact) mass is 584 g/mol. The Balaban J connectivity index is 0.000000294. The predicted octanol–water partition coefficient (Wildman–Crippen LogP) is 4.77. The Labute approximate surface area is 247 Å². The molecule has 1 aliphatic rings. The zero-order valence-electron chi connectivity index (χ0n) is 25.4. The van der Waals surface area contributed by atoms with Gasteiger partial charge in [-0.1, -0.05) is 25.8 Å². The van der Waals surface area contributed by atoms with Gasteiger partial charge in [-0.15, -0.1) is 0 Å². The molecule has 1 aliphatic carbocycles. The average molecular weight is 585 g/mol. The van der Waals surface area contributed by atoms with Crippen LogP contribution in [0.5, 0.6) is 0 Å². The second-order valence-electron chi connectivity index (χ2n) is 10.0. The first-order valence-electron chi connectivity index (χ1n) is 14.2. The van der Waals surface area contributed by atoms with Crippen LogP contribution in [0.3, 0.4) is 0 Å². The molecule has 12 nitrogen and oxygen atoms in total. The molecule has 4 rings (SSSR count). The lowest BCUT2D eigenvalue weighted by atomic mass is 9.91. The molecule has 0 saturated heterocycles. The molecule has 230 valence electrons. The molecule has 0 spiro atoms. The van der Waals surface area contributed by atoms with Crippen LogP contribution < -0.4 is 16.0 Å². The summed E-state index contributed by atoms with van der Waals surface area (Å²) in [6.45, 7) is 4.88. The van der Waals surface area contributed by atoms with E-state index in [9.17, 15) is 14.4 Å². The number of hydroxylamine groups is 2. The average Bonchev–Trinajstić information content (AvgIpc) is 3.35. The smallest absolute Gasteiger partial charge is 0.354 e. The minimum absolute atomic E-state index is 0.00455. The summed E-state index contributed by atoms with van der Waals surface area (Å²) in [5.74, 6) is -1.01. The number of carboxylic acids is 1. The van der Waals surface area contributed by atoms with Gasteiger partial charge in [0.1, 0.15) is 29.0 Å². The van der Waals surface area contributed by atoms with Gasteiger partial charge in [0.2, 0.25) is 5.76 Å². The molecule has 4 N–H and O–H groups in total. The van der Waals surface area contributed by atoms with Crippen LogP contribution in [0.1, 0.15) is 72.1 Å². The molecule has 3 heterocycles. The largest absolute Gasteiger partial charge is 0.477 e. The second-order valence-corrected chi connectivity index (χ2v) is 10.0. The first-order chi connectivity index (χ1) is 20.2. The summed E-state index contributed by atoms with van der Waals surface area (Å²) in [6.07, 6.45) is 9.64. The number of fused-ring (bicyclic) bond motifs is 1. The third-order valence-corrected chi connectivity index (χ3v) is 6.54. The fourth-order valence-electron chi connectivity index (χ4n) is 4.24. The maximum Gasteiger partial charge on any atom is 0.354 e. The maximum absolute atomic E-state index is 12.4. The number of amides is 1. The Bertz CT molecular complexity index is 1280. The van der Waals surface area contributed by atoms with Crippen LogP contribution in [0.25, 0.3) is 11.1 Å². The lowest BCUT2D eigenvalue weighted by Gasteiger charge is -2.26. The van der Waals surface area contributed by atoms with Crippen LogP contribution in [0.15, 0.2) is 34.9 Å². The summed E-state index contributed by atoms with van der Waals surface area (Å²) in [7, 11) is 7.32. The van der Waals surface area contributed by atoms with Gasteiger partial charge in [0.15, 0.2) is 5.58 Å². The highest BCUT2D eigenvalue weighted by Gasteiger charge is 2.23. The Morgan fingerprint density at radius 1 is 1.12 bits per heavy atom. The molecule has 3 aromatic heterocycles. The van der Waals surface area contributed by atoms with E-state index in [2.05, 4.69) is 32.8 Å². The van der Waals surface area contributed by atoms with Crippen molar-refractivity contribution in [2.75, 3.05) is 45.4 Å². The predicted molar refractivity (Wildman–Crippen MR) is 163 cm³/mol. The summed E-state index contributed by atoms with van der Waals surface area (Å²) >= 11 is 0. The number of anilines is 2. The van der Waals surface area contributed by atoms with E-state index in [1.807, 2.05) is 39.2 Å². The summed E-state index contributed by atoms with van der Waals surface area (Å²) in [5.41, 5.74) is 1.74. The highest BCUT2D eigenvalue weighted by atomic mass is 16.7. The lowest BCUT2D eigenvalue weighted by molar-refractivity contribution is -0.184. The van der Waals surface area contributed by atoms with Gasteiger partial charge in [-0.25, -0.2) is 14.8 Å². The molecule has 1 fully saturated rings. The van der Waals surface area contributed by atoms with E-state index in [0.29, 0.717) is 23.2 Å². The van der Waals surface area contributed by atoms with Gasteiger partial charge in [0.05, 0.1) is 6.10 Å². The standard InChI is InChI=1S/C16H14N4O4.C12H23NO2.C2H7N/c1-8-3-6-11(18-7-8)20-15(21)14-13(17-2)12-10(24-14)5-4-9(19-12)16(22)23;1-3-13(2)15-12-7-5-4-6-11(10-14)8-9-12;1-3-2/h3-7,17H,1-2H3,(H,22,23)(H,18,20,21);10-12H,3-9H2,1-2H3;3H,1-2H3/t;11-,12?;/m.1./s1. The van der Waals surface area contributed by atoms with E-state index in [0.717, 1.165) is 44.1 Å². The summed E-state index contributed by atoms with van der Waals surface area (Å²) in [6, 6.07) is 6.28. The number of carbonyl (C=O) groups excluding carboxylic acids is 2. The van der Waals surface area contributed by atoms with Crippen molar-refractivity contribution in [1.29, 1.82) is 0 Å². The number of carboxylic acid groups (broad SMARTS) is 1. The van der Waals surface area contributed by atoms with E-state index >= 15 is 0 Å². The van der Waals surface area contributed by atoms with E-state index in [1.54, 1.807) is 19.3 Å². The van der Waals surface area contributed by atoms with E-state index < -0.39 is 11.9 Å². The van der Waals surface area contributed by atoms with Crippen molar-refractivity contribution in [3.05, 3.63) is 47.5 Å².